The van der Waals surface area contributed by atoms with Crippen LogP contribution in [0.2, 0.25) is 0 Å². The summed E-state index contributed by atoms with van der Waals surface area (Å²) in [6.07, 6.45) is -4.30. The van der Waals surface area contributed by atoms with Crippen molar-refractivity contribution in [1.82, 2.24) is 10.3 Å². The second kappa shape index (κ2) is 7.30. The number of carboxylic acid groups (broad SMARTS) is 1. The molecule has 0 aromatic carbocycles. The van der Waals surface area contributed by atoms with E-state index >= 15 is 0 Å². The third-order valence-electron chi connectivity index (χ3n) is 2.95. The van der Waals surface area contributed by atoms with E-state index < -0.39 is 30.1 Å². The standard InChI is InChI=1S/C14H17F3N2O4/c1-13(2,12(21)22)6-7-18-11(20)9-4-3-5-10(19-9)23-8-14(15,16)17/h3-5H,6-8H2,1-2H3,(H,18,20)(H,21,22). The Morgan fingerprint density at radius 1 is 1.30 bits per heavy atom. The van der Waals surface area contributed by atoms with Crippen LogP contribution in [-0.2, 0) is 4.79 Å². The fraction of sp³-hybridized carbons (Fsp3) is 0.500. The lowest BCUT2D eigenvalue weighted by molar-refractivity contribution is -0.154. The zero-order valence-corrected chi connectivity index (χ0v) is 12.6. The minimum Gasteiger partial charge on any atom is -0.481 e. The second-order valence-corrected chi connectivity index (χ2v) is 5.46. The SMILES string of the molecule is CC(C)(CCNC(=O)c1cccc(OCC(F)(F)F)n1)C(=O)O. The van der Waals surface area contributed by atoms with Gasteiger partial charge in [-0.3, -0.25) is 9.59 Å². The average Bonchev–Trinajstić information content (AvgIpc) is 2.44. The van der Waals surface area contributed by atoms with Crippen LogP contribution in [0.3, 0.4) is 0 Å². The summed E-state index contributed by atoms with van der Waals surface area (Å²) in [5.74, 6) is -1.93. The number of alkyl halides is 3. The number of carbonyl (C=O) groups excluding carboxylic acids is 1. The minimum atomic E-state index is -4.50. The maximum Gasteiger partial charge on any atom is 0.422 e. The number of hydrogen-bond acceptors (Lipinski definition) is 4. The summed E-state index contributed by atoms with van der Waals surface area (Å²) >= 11 is 0. The first-order chi connectivity index (χ1) is 10.5. The second-order valence-electron chi connectivity index (χ2n) is 5.46. The average molecular weight is 334 g/mol. The molecule has 0 atom stereocenters. The number of nitrogens with zero attached hydrogens (tertiary/aromatic N) is 1. The highest BCUT2D eigenvalue weighted by molar-refractivity contribution is 5.92. The smallest absolute Gasteiger partial charge is 0.422 e. The third kappa shape index (κ3) is 6.54. The van der Waals surface area contributed by atoms with Gasteiger partial charge in [-0.1, -0.05) is 6.07 Å². The molecule has 1 heterocycles. The molecule has 1 amide bonds. The van der Waals surface area contributed by atoms with E-state index in [1.165, 1.54) is 32.0 Å². The van der Waals surface area contributed by atoms with Gasteiger partial charge in [-0.2, -0.15) is 13.2 Å². The third-order valence-corrected chi connectivity index (χ3v) is 2.95. The first kappa shape index (κ1) is 18.7. The molecule has 0 radical (unpaired) electrons. The zero-order chi connectivity index (χ0) is 17.7. The highest BCUT2D eigenvalue weighted by atomic mass is 19.4. The van der Waals surface area contributed by atoms with E-state index in [9.17, 15) is 22.8 Å². The molecule has 0 aliphatic carbocycles. The van der Waals surface area contributed by atoms with Crippen LogP contribution in [0.4, 0.5) is 13.2 Å². The van der Waals surface area contributed by atoms with Crippen molar-refractivity contribution in [3.8, 4) is 5.88 Å². The van der Waals surface area contributed by atoms with Crippen LogP contribution in [0.25, 0.3) is 0 Å². The van der Waals surface area contributed by atoms with Crippen LogP contribution < -0.4 is 10.1 Å². The highest BCUT2D eigenvalue weighted by Crippen LogP contribution is 2.19. The van der Waals surface area contributed by atoms with Crippen molar-refractivity contribution < 1.29 is 32.6 Å². The molecule has 0 unspecified atom stereocenters. The predicted octanol–water partition coefficient (Wildman–Crippen LogP) is 2.25. The fourth-order valence-electron chi connectivity index (χ4n) is 1.46. The molecule has 2 N–H and O–H groups in total. The van der Waals surface area contributed by atoms with Crippen LogP contribution in [0.5, 0.6) is 5.88 Å². The first-order valence-electron chi connectivity index (χ1n) is 6.69. The van der Waals surface area contributed by atoms with Crippen LogP contribution in [0, 0.1) is 5.41 Å². The molecule has 1 rings (SSSR count). The minimum absolute atomic E-state index is 0.0907. The van der Waals surface area contributed by atoms with E-state index in [2.05, 4.69) is 15.0 Å². The lowest BCUT2D eigenvalue weighted by atomic mass is 9.90. The number of rotatable bonds is 7. The molecule has 0 saturated carbocycles. The molecular weight excluding hydrogens is 317 g/mol. The number of ether oxygens (including phenoxy) is 1. The maximum atomic E-state index is 12.1. The van der Waals surface area contributed by atoms with E-state index in [-0.39, 0.29) is 24.5 Å². The summed E-state index contributed by atoms with van der Waals surface area (Å²) in [6.45, 7) is 1.63. The summed E-state index contributed by atoms with van der Waals surface area (Å²) < 4.78 is 40.6. The number of aliphatic carboxylic acids is 1. The molecule has 128 valence electrons. The summed E-state index contributed by atoms with van der Waals surface area (Å²) in [5, 5.41) is 11.4. The zero-order valence-electron chi connectivity index (χ0n) is 12.6. The Kier molecular flexibility index (Phi) is 5.94. The van der Waals surface area contributed by atoms with Crippen molar-refractivity contribution in [3.05, 3.63) is 23.9 Å². The monoisotopic (exact) mass is 334 g/mol. The molecule has 6 nitrogen and oxygen atoms in total. The molecule has 0 aliphatic heterocycles. The number of carboxylic acids is 1. The molecule has 0 saturated heterocycles. The Morgan fingerprint density at radius 2 is 1.96 bits per heavy atom. The van der Waals surface area contributed by atoms with Gasteiger partial charge >= 0.3 is 12.1 Å². The molecule has 23 heavy (non-hydrogen) atoms. The van der Waals surface area contributed by atoms with Crippen molar-refractivity contribution >= 4 is 11.9 Å². The molecular formula is C14H17F3N2O4. The van der Waals surface area contributed by atoms with Crippen LogP contribution in [0.1, 0.15) is 30.8 Å². The van der Waals surface area contributed by atoms with Gasteiger partial charge in [0, 0.05) is 12.6 Å². The van der Waals surface area contributed by atoms with E-state index in [0.29, 0.717) is 0 Å². The van der Waals surface area contributed by atoms with Crippen LogP contribution in [-0.4, -0.2) is 41.3 Å². The number of halogens is 3. The summed E-state index contributed by atoms with van der Waals surface area (Å²) in [5.41, 5.74) is -1.11. The number of hydrogen-bond donors (Lipinski definition) is 2. The topological polar surface area (TPSA) is 88.5 Å². The lowest BCUT2D eigenvalue weighted by Gasteiger charge is -2.18. The molecule has 0 bridgehead atoms. The number of amides is 1. The van der Waals surface area contributed by atoms with Gasteiger partial charge in [0.1, 0.15) is 5.69 Å². The van der Waals surface area contributed by atoms with Gasteiger partial charge in [-0.25, -0.2) is 4.98 Å². The van der Waals surface area contributed by atoms with Crippen molar-refractivity contribution in [1.29, 1.82) is 0 Å². The molecule has 9 heteroatoms. The van der Waals surface area contributed by atoms with Gasteiger partial charge < -0.3 is 15.2 Å². The molecule has 0 fully saturated rings. The van der Waals surface area contributed by atoms with Gasteiger partial charge in [0.15, 0.2) is 6.61 Å². The van der Waals surface area contributed by atoms with Crippen molar-refractivity contribution in [3.63, 3.8) is 0 Å². The van der Waals surface area contributed by atoms with Gasteiger partial charge in [0.05, 0.1) is 5.41 Å². The molecule has 0 spiro atoms. The molecule has 0 aliphatic rings. The first-order valence-corrected chi connectivity index (χ1v) is 6.69. The van der Waals surface area contributed by atoms with E-state index in [0.717, 1.165) is 0 Å². The number of nitrogens with one attached hydrogen (secondary N) is 1. The van der Waals surface area contributed by atoms with Gasteiger partial charge in [0.2, 0.25) is 5.88 Å². The quantitative estimate of drug-likeness (QED) is 0.798. The lowest BCUT2D eigenvalue weighted by Crippen LogP contribution is -2.32. The number of aromatic nitrogens is 1. The highest BCUT2D eigenvalue weighted by Gasteiger charge is 2.29. The maximum absolute atomic E-state index is 12.1. The predicted molar refractivity (Wildman–Crippen MR) is 74.2 cm³/mol. The summed E-state index contributed by atoms with van der Waals surface area (Å²) in [7, 11) is 0. The van der Waals surface area contributed by atoms with Gasteiger partial charge in [-0.05, 0) is 26.3 Å². The Hall–Kier alpha value is -2.32. The summed E-state index contributed by atoms with van der Waals surface area (Å²) in [4.78, 5) is 26.5. The Bertz CT molecular complexity index is 573. The largest absolute Gasteiger partial charge is 0.481 e. The van der Waals surface area contributed by atoms with Crippen molar-refractivity contribution in [2.24, 2.45) is 5.41 Å². The van der Waals surface area contributed by atoms with Crippen molar-refractivity contribution in [2.45, 2.75) is 26.4 Å². The van der Waals surface area contributed by atoms with E-state index in [4.69, 9.17) is 5.11 Å². The number of pyridine rings is 1. The Labute approximate surface area is 130 Å². The molecule has 1 aromatic rings. The van der Waals surface area contributed by atoms with Gasteiger partial charge in [0.25, 0.3) is 5.91 Å². The van der Waals surface area contributed by atoms with E-state index in [1.54, 1.807) is 0 Å². The van der Waals surface area contributed by atoms with Crippen LogP contribution in [0.15, 0.2) is 18.2 Å². The Morgan fingerprint density at radius 3 is 2.52 bits per heavy atom. The number of carbonyl (C=O) groups is 2. The molecule has 1 aromatic heterocycles. The fourth-order valence-corrected chi connectivity index (χ4v) is 1.46. The van der Waals surface area contributed by atoms with Crippen LogP contribution >= 0.6 is 0 Å². The van der Waals surface area contributed by atoms with Gasteiger partial charge in [-0.15, -0.1) is 0 Å². The van der Waals surface area contributed by atoms with E-state index in [1.807, 2.05) is 0 Å². The summed E-state index contributed by atoms with van der Waals surface area (Å²) in [6, 6.07) is 3.86. The Balaban J connectivity index is 2.58. The normalized spacial score (nSPS) is 11.9. The van der Waals surface area contributed by atoms with Crippen molar-refractivity contribution in [2.75, 3.05) is 13.2 Å².